The molecule has 0 saturated carbocycles. The summed E-state index contributed by atoms with van der Waals surface area (Å²) in [5, 5.41) is 0. The first-order valence-electron chi connectivity index (χ1n) is 11.1. The molecule has 0 aromatic rings. The second kappa shape index (κ2) is 17.4. The van der Waals surface area contributed by atoms with E-state index < -0.39 is 0 Å². The molecular formula is C22H40O4. The number of hydrogen-bond acceptors (Lipinski definition) is 4. The zero-order valence-electron chi connectivity index (χ0n) is 16.8. The van der Waals surface area contributed by atoms with E-state index in [0.717, 1.165) is 51.4 Å². The maximum atomic E-state index is 11.7. The van der Waals surface area contributed by atoms with E-state index in [2.05, 4.69) is 0 Å². The van der Waals surface area contributed by atoms with Crippen molar-refractivity contribution in [2.75, 3.05) is 13.2 Å². The Morgan fingerprint density at radius 1 is 0.385 bits per heavy atom. The summed E-state index contributed by atoms with van der Waals surface area (Å²) >= 11 is 0. The van der Waals surface area contributed by atoms with Crippen LogP contribution < -0.4 is 0 Å². The number of hydrogen-bond donors (Lipinski definition) is 0. The maximum Gasteiger partial charge on any atom is 0.305 e. The van der Waals surface area contributed by atoms with Gasteiger partial charge in [-0.15, -0.1) is 0 Å². The minimum atomic E-state index is -0.0219. The molecule has 1 fully saturated rings. The van der Waals surface area contributed by atoms with Crippen molar-refractivity contribution in [3.63, 3.8) is 0 Å². The van der Waals surface area contributed by atoms with Crippen LogP contribution in [0.1, 0.15) is 116 Å². The van der Waals surface area contributed by atoms with Crippen molar-refractivity contribution in [3.05, 3.63) is 0 Å². The molecule has 4 heteroatoms. The molecule has 0 radical (unpaired) electrons. The van der Waals surface area contributed by atoms with Crippen LogP contribution in [-0.4, -0.2) is 25.2 Å². The summed E-state index contributed by atoms with van der Waals surface area (Å²) in [5.41, 5.74) is 0. The molecule has 0 bridgehead atoms. The number of ether oxygens (including phenoxy) is 2. The van der Waals surface area contributed by atoms with Crippen LogP contribution in [-0.2, 0) is 19.1 Å². The molecule has 0 aromatic heterocycles. The van der Waals surface area contributed by atoms with Crippen LogP contribution in [0, 0.1) is 0 Å². The van der Waals surface area contributed by atoms with Crippen LogP contribution in [0.3, 0.4) is 0 Å². The lowest BCUT2D eigenvalue weighted by atomic mass is 10.1. The minimum absolute atomic E-state index is 0.0219. The summed E-state index contributed by atoms with van der Waals surface area (Å²) < 4.78 is 10.6. The quantitative estimate of drug-likeness (QED) is 0.484. The van der Waals surface area contributed by atoms with E-state index in [1.165, 1.54) is 51.4 Å². The first-order valence-corrected chi connectivity index (χ1v) is 11.1. The predicted molar refractivity (Wildman–Crippen MR) is 105 cm³/mol. The van der Waals surface area contributed by atoms with Crippen molar-refractivity contribution in [3.8, 4) is 0 Å². The molecule has 0 aliphatic carbocycles. The van der Waals surface area contributed by atoms with Crippen LogP contribution in [0.5, 0.6) is 0 Å². The summed E-state index contributed by atoms with van der Waals surface area (Å²) in [4.78, 5) is 23.3. The van der Waals surface area contributed by atoms with E-state index in [9.17, 15) is 9.59 Å². The van der Waals surface area contributed by atoms with Gasteiger partial charge in [0.05, 0.1) is 13.2 Å². The van der Waals surface area contributed by atoms with Crippen molar-refractivity contribution in [1.82, 2.24) is 0 Å². The van der Waals surface area contributed by atoms with Crippen LogP contribution in [0.15, 0.2) is 0 Å². The molecular weight excluding hydrogens is 328 g/mol. The molecule has 4 nitrogen and oxygen atoms in total. The Bertz CT molecular complexity index is 320. The minimum Gasteiger partial charge on any atom is -0.466 e. The summed E-state index contributed by atoms with van der Waals surface area (Å²) in [5.74, 6) is -0.0438. The predicted octanol–water partition coefficient (Wildman–Crippen LogP) is 6.11. The zero-order chi connectivity index (χ0) is 18.7. The third kappa shape index (κ3) is 15.2. The van der Waals surface area contributed by atoms with E-state index in [0.29, 0.717) is 26.1 Å². The second-order valence-electron chi connectivity index (χ2n) is 7.60. The molecule has 0 N–H and O–H groups in total. The lowest BCUT2D eigenvalue weighted by Crippen LogP contribution is -2.06. The fraction of sp³-hybridized carbons (Fsp3) is 0.909. The molecule has 1 aliphatic rings. The lowest BCUT2D eigenvalue weighted by molar-refractivity contribution is -0.144. The summed E-state index contributed by atoms with van der Waals surface area (Å²) in [6.07, 6.45) is 19.3. The first kappa shape index (κ1) is 23.0. The highest BCUT2D eigenvalue weighted by atomic mass is 16.5. The monoisotopic (exact) mass is 368 g/mol. The number of cyclic esters (lactones) is 2. The van der Waals surface area contributed by atoms with Gasteiger partial charge in [-0.3, -0.25) is 9.59 Å². The SMILES string of the molecule is O=C1CCCCCCCCCCC(=O)OCCCCCCCCCCO1. The lowest BCUT2D eigenvalue weighted by Gasteiger charge is -2.07. The van der Waals surface area contributed by atoms with Gasteiger partial charge in [-0.25, -0.2) is 0 Å². The van der Waals surface area contributed by atoms with Gasteiger partial charge in [0.1, 0.15) is 0 Å². The average Bonchev–Trinajstić information content (AvgIpc) is 2.63. The van der Waals surface area contributed by atoms with Crippen LogP contribution in [0.4, 0.5) is 0 Å². The fourth-order valence-corrected chi connectivity index (χ4v) is 3.38. The first-order chi connectivity index (χ1) is 12.8. The van der Waals surface area contributed by atoms with E-state index in [4.69, 9.17) is 9.47 Å². The van der Waals surface area contributed by atoms with Crippen molar-refractivity contribution in [2.45, 2.75) is 116 Å². The molecule has 152 valence electrons. The van der Waals surface area contributed by atoms with Crippen molar-refractivity contribution in [1.29, 1.82) is 0 Å². The maximum absolute atomic E-state index is 11.7. The van der Waals surface area contributed by atoms with E-state index >= 15 is 0 Å². The van der Waals surface area contributed by atoms with Crippen molar-refractivity contribution in [2.24, 2.45) is 0 Å². The Labute approximate surface area is 160 Å². The van der Waals surface area contributed by atoms with Crippen molar-refractivity contribution < 1.29 is 19.1 Å². The molecule has 0 atom stereocenters. The van der Waals surface area contributed by atoms with Gasteiger partial charge in [0, 0.05) is 12.8 Å². The number of rotatable bonds is 0. The number of carbonyl (C=O) groups excluding carboxylic acids is 2. The van der Waals surface area contributed by atoms with Gasteiger partial charge < -0.3 is 9.47 Å². The van der Waals surface area contributed by atoms with Crippen LogP contribution >= 0.6 is 0 Å². The second-order valence-corrected chi connectivity index (χ2v) is 7.60. The van der Waals surface area contributed by atoms with E-state index in [-0.39, 0.29) is 11.9 Å². The smallest absolute Gasteiger partial charge is 0.305 e. The Morgan fingerprint density at radius 3 is 1.00 bits per heavy atom. The average molecular weight is 369 g/mol. The highest BCUT2D eigenvalue weighted by Crippen LogP contribution is 2.12. The molecule has 1 rings (SSSR count). The Hall–Kier alpha value is -1.06. The van der Waals surface area contributed by atoms with Crippen molar-refractivity contribution >= 4 is 11.9 Å². The zero-order valence-corrected chi connectivity index (χ0v) is 16.8. The summed E-state index contributed by atoms with van der Waals surface area (Å²) in [6, 6.07) is 0. The standard InChI is InChI=1S/C22H40O4/c23-21-17-13-9-5-1-2-6-10-14-18-22(24)26-20-16-12-8-4-3-7-11-15-19-25-21/h1-20H2. The fourth-order valence-electron chi connectivity index (χ4n) is 3.38. The number of carbonyl (C=O) groups is 2. The van der Waals surface area contributed by atoms with Gasteiger partial charge in [-0.1, -0.05) is 77.0 Å². The molecule has 1 saturated heterocycles. The largest absolute Gasteiger partial charge is 0.466 e. The summed E-state index contributed by atoms with van der Waals surface area (Å²) in [6.45, 7) is 1.18. The Balaban J connectivity index is 2.15. The normalized spacial score (nSPS) is 22.6. The molecule has 0 unspecified atom stereocenters. The topological polar surface area (TPSA) is 52.6 Å². The van der Waals surface area contributed by atoms with Gasteiger partial charge >= 0.3 is 11.9 Å². The van der Waals surface area contributed by atoms with E-state index in [1.54, 1.807) is 0 Å². The molecule has 0 amide bonds. The molecule has 1 heterocycles. The highest BCUT2D eigenvalue weighted by molar-refractivity contribution is 5.69. The van der Waals surface area contributed by atoms with Gasteiger partial charge in [-0.05, 0) is 25.7 Å². The van der Waals surface area contributed by atoms with E-state index in [1.807, 2.05) is 0 Å². The molecule has 26 heavy (non-hydrogen) atoms. The molecule has 0 spiro atoms. The van der Waals surface area contributed by atoms with Crippen LogP contribution in [0.2, 0.25) is 0 Å². The Morgan fingerprint density at radius 2 is 0.654 bits per heavy atom. The highest BCUT2D eigenvalue weighted by Gasteiger charge is 2.04. The number of esters is 2. The molecule has 1 aliphatic heterocycles. The van der Waals surface area contributed by atoms with Crippen LogP contribution in [0.25, 0.3) is 0 Å². The van der Waals surface area contributed by atoms with Gasteiger partial charge in [0.25, 0.3) is 0 Å². The Kier molecular flexibility index (Phi) is 15.3. The third-order valence-electron chi connectivity index (χ3n) is 5.08. The third-order valence-corrected chi connectivity index (χ3v) is 5.08. The molecule has 0 aromatic carbocycles. The van der Waals surface area contributed by atoms with Gasteiger partial charge in [0.2, 0.25) is 0 Å². The van der Waals surface area contributed by atoms with Gasteiger partial charge in [0.15, 0.2) is 0 Å². The van der Waals surface area contributed by atoms with Gasteiger partial charge in [-0.2, -0.15) is 0 Å². The summed E-state index contributed by atoms with van der Waals surface area (Å²) in [7, 11) is 0.